The molecule has 1 rings (SSSR count). The molecule has 0 saturated heterocycles. The first-order chi connectivity index (χ1) is 7.79. The smallest absolute Gasteiger partial charge is 0.148 e. The summed E-state index contributed by atoms with van der Waals surface area (Å²) in [5, 5.41) is 7.18. The molecule has 92 valence electrons. The third-order valence-corrected chi connectivity index (χ3v) is 3.02. The van der Waals surface area contributed by atoms with Crippen LogP contribution in [0.25, 0.3) is 0 Å². The fourth-order valence-electron chi connectivity index (χ4n) is 2.06. The van der Waals surface area contributed by atoms with E-state index in [1.165, 1.54) is 43.4 Å². The molecule has 0 amide bonds. The van der Waals surface area contributed by atoms with E-state index in [1.807, 2.05) is 0 Å². The van der Waals surface area contributed by atoms with E-state index in [0.717, 1.165) is 19.3 Å². The van der Waals surface area contributed by atoms with Gasteiger partial charge in [0, 0.05) is 11.3 Å². The van der Waals surface area contributed by atoms with Crippen molar-refractivity contribution in [3.05, 3.63) is 11.3 Å². The zero-order chi connectivity index (χ0) is 11.8. The molecule has 0 saturated carbocycles. The van der Waals surface area contributed by atoms with Crippen LogP contribution in [0.3, 0.4) is 0 Å². The largest absolute Gasteiger partial charge is 0.382 e. The van der Waals surface area contributed by atoms with E-state index in [2.05, 4.69) is 24.0 Å². The van der Waals surface area contributed by atoms with Crippen molar-refractivity contribution in [1.29, 1.82) is 0 Å². The molecule has 0 aliphatic carbocycles. The van der Waals surface area contributed by atoms with Crippen molar-refractivity contribution in [1.82, 2.24) is 10.2 Å². The first kappa shape index (κ1) is 13.1. The standard InChI is InChI=1S/C13H25N3/c1-3-5-6-7-8-10-12-11(9-4-2)13(14)16-15-12/h3-10H2,1-2H3,(H3,14,15,16). The van der Waals surface area contributed by atoms with Crippen molar-refractivity contribution in [3.63, 3.8) is 0 Å². The van der Waals surface area contributed by atoms with Gasteiger partial charge in [0.2, 0.25) is 0 Å². The molecule has 1 aromatic rings. The number of hydrogen-bond donors (Lipinski definition) is 2. The lowest BCUT2D eigenvalue weighted by Gasteiger charge is -2.02. The third kappa shape index (κ3) is 3.87. The van der Waals surface area contributed by atoms with Crippen LogP contribution in [0.4, 0.5) is 5.82 Å². The van der Waals surface area contributed by atoms with Crippen LogP contribution in [-0.4, -0.2) is 10.2 Å². The van der Waals surface area contributed by atoms with Crippen LogP contribution >= 0.6 is 0 Å². The number of unbranched alkanes of at least 4 members (excludes halogenated alkanes) is 4. The summed E-state index contributed by atoms with van der Waals surface area (Å²) in [6, 6.07) is 0. The van der Waals surface area contributed by atoms with Crippen LogP contribution in [0.5, 0.6) is 0 Å². The summed E-state index contributed by atoms with van der Waals surface area (Å²) in [5.74, 6) is 0.699. The van der Waals surface area contributed by atoms with Crippen LogP contribution in [-0.2, 0) is 12.8 Å². The summed E-state index contributed by atoms with van der Waals surface area (Å²) >= 11 is 0. The monoisotopic (exact) mass is 223 g/mol. The van der Waals surface area contributed by atoms with Crippen LogP contribution in [0.1, 0.15) is 63.6 Å². The molecular weight excluding hydrogens is 198 g/mol. The molecule has 1 aromatic heterocycles. The third-order valence-electron chi connectivity index (χ3n) is 3.02. The minimum absolute atomic E-state index is 0.699. The molecule has 0 aromatic carbocycles. The highest BCUT2D eigenvalue weighted by Crippen LogP contribution is 2.18. The molecule has 0 spiro atoms. The maximum Gasteiger partial charge on any atom is 0.148 e. The topological polar surface area (TPSA) is 54.7 Å². The van der Waals surface area contributed by atoms with Crippen molar-refractivity contribution in [2.24, 2.45) is 0 Å². The van der Waals surface area contributed by atoms with Gasteiger partial charge in [0.25, 0.3) is 0 Å². The van der Waals surface area contributed by atoms with Gasteiger partial charge < -0.3 is 5.73 Å². The Hall–Kier alpha value is -0.990. The van der Waals surface area contributed by atoms with Gasteiger partial charge in [-0.2, -0.15) is 5.10 Å². The van der Waals surface area contributed by atoms with Gasteiger partial charge in [0.05, 0.1) is 0 Å². The molecule has 1 heterocycles. The van der Waals surface area contributed by atoms with E-state index in [-0.39, 0.29) is 0 Å². The number of nitrogens with one attached hydrogen (secondary N) is 1. The molecule has 3 N–H and O–H groups in total. The zero-order valence-corrected chi connectivity index (χ0v) is 10.7. The number of nitrogen functional groups attached to an aromatic ring is 1. The van der Waals surface area contributed by atoms with E-state index in [4.69, 9.17) is 5.73 Å². The number of hydrogen-bond acceptors (Lipinski definition) is 2. The Morgan fingerprint density at radius 1 is 1.00 bits per heavy atom. The zero-order valence-electron chi connectivity index (χ0n) is 10.7. The predicted molar refractivity (Wildman–Crippen MR) is 69.5 cm³/mol. The maximum atomic E-state index is 5.84. The molecule has 0 fully saturated rings. The van der Waals surface area contributed by atoms with Crippen LogP contribution in [0.2, 0.25) is 0 Å². The van der Waals surface area contributed by atoms with Gasteiger partial charge in [-0.3, -0.25) is 5.10 Å². The Morgan fingerprint density at radius 2 is 1.75 bits per heavy atom. The minimum atomic E-state index is 0.699. The number of nitrogens with two attached hydrogens (primary N) is 1. The lowest BCUT2D eigenvalue weighted by molar-refractivity contribution is 0.625. The first-order valence-electron chi connectivity index (χ1n) is 6.61. The average Bonchev–Trinajstić information content (AvgIpc) is 2.62. The maximum absolute atomic E-state index is 5.84. The molecule has 0 bridgehead atoms. The van der Waals surface area contributed by atoms with Crippen molar-refractivity contribution in [2.45, 2.75) is 65.2 Å². The van der Waals surface area contributed by atoms with E-state index in [0.29, 0.717) is 5.82 Å². The van der Waals surface area contributed by atoms with Gasteiger partial charge in [-0.1, -0.05) is 46.0 Å². The van der Waals surface area contributed by atoms with Gasteiger partial charge in [0.1, 0.15) is 5.82 Å². The number of aromatic nitrogens is 2. The summed E-state index contributed by atoms with van der Waals surface area (Å²) in [5.41, 5.74) is 8.35. The van der Waals surface area contributed by atoms with Gasteiger partial charge in [-0.05, 0) is 19.3 Å². The average molecular weight is 223 g/mol. The number of rotatable bonds is 8. The van der Waals surface area contributed by atoms with Gasteiger partial charge >= 0.3 is 0 Å². The SMILES string of the molecule is CCCCCCCc1[nH]nc(N)c1CCC. The molecule has 16 heavy (non-hydrogen) atoms. The Kier molecular flexibility index (Phi) is 5.98. The van der Waals surface area contributed by atoms with Gasteiger partial charge in [0.15, 0.2) is 0 Å². The van der Waals surface area contributed by atoms with Crippen molar-refractivity contribution in [3.8, 4) is 0 Å². The second-order valence-corrected chi connectivity index (χ2v) is 4.48. The molecule has 0 atom stereocenters. The molecular formula is C13H25N3. The summed E-state index contributed by atoms with van der Waals surface area (Å²) < 4.78 is 0. The van der Waals surface area contributed by atoms with E-state index < -0.39 is 0 Å². The number of anilines is 1. The predicted octanol–water partition coefficient (Wildman–Crippen LogP) is 3.46. The fraction of sp³-hybridized carbons (Fsp3) is 0.769. The number of aryl methyl sites for hydroxylation is 1. The number of aromatic amines is 1. The summed E-state index contributed by atoms with van der Waals surface area (Å²) in [4.78, 5) is 0. The number of nitrogens with zero attached hydrogens (tertiary/aromatic N) is 1. The molecule has 0 radical (unpaired) electrons. The first-order valence-corrected chi connectivity index (χ1v) is 6.61. The molecule has 3 nitrogen and oxygen atoms in total. The van der Waals surface area contributed by atoms with E-state index in [9.17, 15) is 0 Å². The molecule has 0 aliphatic heterocycles. The van der Waals surface area contributed by atoms with Crippen LogP contribution < -0.4 is 5.73 Å². The Bertz CT molecular complexity index is 291. The summed E-state index contributed by atoms with van der Waals surface area (Å²) in [6.07, 6.45) is 9.85. The van der Waals surface area contributed by atoms with Crippen molar-refractivity contribution >= 4 is 5.82 Å². The molecule has 0 aliphatic rings. The van der Waals surface area contributed by atoms with Crippen molar-refractivity contribution in [2.75, 3.05) is 5.73 Å². The minimum Gasteiger partial charge on any atom is -0.382 e. The highest BCUT2D eigenvalue weighted by molar-refractivity contribution is 5.42. The Morgan fingerprint density at radius 3 is 2.44 bits per heavy atom. The highest BCUT2D eigenvalue weighted by atomic mass is 15.2. The lowest BCUT2D eigenvalue weighted by Crippen LogP contribution is -1.95. The second-order valence-electron chi connectivity index (χ2n) is 4.48. The fourth-order valence-corrected chi connectivity index (χ4v) is 2.06. The highest BCUT2D eigenvalue weighted by Gasteiger charge is 2.08. The molecule has 0 unspecified atom stereocenters. The number of H-pyrrole nitrogens is 1. The van der Waals surface area contributed by atoms with E-state index >= 15 is 0 Å². The van der Waals surface area contributed by atoms with Crippen LogP contribution in [0.15, 0.2) is 0 Å². The van der Waals surface area contributed by atoms with Gasteiger partial charge in [-0.25, -0.2) is 0 Å². The second kappa shape index (κ2) is 7.31. The normalized spacial score (nSPS) is 10.9. The van der Waals surface area contributed by atoms with Gasteiger partial charge in [-0.15, -0.1) is 0 Å². The van der Waals surface area contributed by atoms with Crippen molar-refractivity contribution < 1.29 is 0 Å². The lowest BCUT2D eigenvalue weighted by atomic mass is 10.0. The summed E-state index contributed by atoms with van der Waals surface area (Å²) in [6.45, 7) is 4.42. The summed E-state index contributed by atoms with van der Waals surface area (Å²) in [7, 11) is 0. The quantitative estimate of drug-likeness (QED) is 0.663. The van der Waals surface area contributed by atoms with E-state index in [1.54, 1.807) is 0 Å². The molecule has 3 heteroatoms. The Labute approximate surface area is 98.8 Å². The Balaban J connectivity index is 2.35. The van der Waals surface area contributed by atoms with Crippen LogP contribution in [0, 0.1) is 0 Å².